The molecule has 0 aliphatic heterocycles. The second-order valence-corrected chi connectivity index (χ2v) is 4.71. The highest BCUT2D eigenvalue weighted by molar-refractivity contribution is 6.03. The van der Waals surface area contributed by atoms with Crippen molar-refractivity contribution >= 4 is 5.78 Å². The number of hydrogen-bond acceptors (Lipinski definition) is 1. The SMILES string of the molecule is CCCCc1cccc2c1CC(C(F)(F)F)C2=O. The van der Waals surface area contributed by atoms with Crippen LogP contribution >= 0.6 is 0 Å². The first-order valence-corrected chi connectivity index (χ1v) is 6.16. The van der Waals surface area contributed by atoms with Crippen LogP contribution in [0.1, 0.15) is 41.3 Å². The quantitative estimate of drug-likeness (QED) is 0.800. The Morgan fingerprint density at radius 1 is 1.33 bits per heavy atom. The molecule has 0 amide bonds. The van der Waals surface area contributed by atoms with Crippen molar-refractivity contribution in [3.05, 3.63) is 34.9 Å². The predicted octanol–water partition coefficient (Wildman–Crippen LogP) is 3.95. The van der Waals surface area contributed by atoms with Gasteiger partial charge in [0.05, 0.1) is 0 Å². The number of alkyl halides is 3. The Hall–Kier alpha value is -1.32. The van der Waals surface area contributed by atoms with Gasteiger partial charge in [0.1, 0.15) is 5.92 Å². The van der Waals surface area contributed by atoms with Gasteiger partial charge in [-0.25, -0.2) is 0 Å². The number of rotatable bonds is 3. The summed E-state index contributed by atoms with van der Waals surface area (Å²) in [5, 5.41) is 0. The third-order valence-corrected chi connectivity index (χ3v) is 3.46. The molecule has 0 fully saturated rings. The monoisotopic (exact) mass is 256 g/mol. The van der Waals surface area contributed by atoms with E-state index in [-0.39, 0.29) is 12.0 Å². The van der Waals surface area contributed by atoms with Gasteiger partial charge < -0.3 is 0 Å². The molecular formula is C14H15F3O. The number of aryl methyl sites for hydroxylation is 1. The zero-order chi connectivity index (χ0) is 13.3. The smallest absolute Gasteiger partial charge is 0.293 e. The Labute approximate surface area is 104 Å². The fraction of sp³-hybridized carbons (Fsp3) is 0.500. The Kier molecular flexibility index (Phi) is 3.46. The number of fused-ring (bicyclic) bond motifs is 1. The number of hydrogen-bond donors (Lipinski definition) is 0. The first kappa shape index (κ1) is 13.1. The van der Waals surface area contributed by atoms with Gasteiger partial charge in [0.2, 0.25) is 0 Å². The third kappa shape index (κ3) is 2.28. The number of benzene rings is 1. The van der Waals surface area contributed by atoms with E-state index in [9.17, 15) is 18.0 Å². The summed E-state index contributed by atoms with van der Waals surface area (Å²) in [5.74, 6) is -2.61. The Bertz CT molecular complexity index is 463. The fourth-order valence-electron chi connectivity index (χ4n) is 2.46. The fourth-order valence-corrected chi connectivity index (χ4v) is 2.46. The summed E-state index contributed by atoms with van der Waals surface area (Å²) in [5.41, 5.74) is 1.78. The number of ketones is 1. The highest BCUT2D eigenvalue weighted by Gasteiger charge is 2.49. The highest BCUT2D eigenvalue weighted by atomic mass is 19.4. The summed E-state index contributed by atoms with van der Waals surface area (Å²) < 4.78 is 38.2. The summed E-state index contributed by atoms with van der Waals surface area (Å²) in [6, 6.07) is 5.03. The van der Waals surface area contributed by atoms with Crippen molar-refractivity contribution in [1.82, 2.24) is 0 Å². The highest BCUT2D eigenvalue weighted by Crippen LogP contribution is 2.39. The van der Waals surface area contributed by atoms with Crippen LogP contribution in [0.3, 0.4) is 0 Å². The molecule has 0 heterocycles. The van der Waals surface area contributed by atoms with E-state index >= 15 is 0 Å². The summed E-state index contributed by atoms with van der Waals surface area (Å²) in [4.78, 5) is 11.7. The van der Waals surface area contributed by atoms with E-state index in [1.54, 1.807) is 6.07 Å². The number of unbranched alkanes of at least 4 members (excludes halogenated alkanes) is 1. The lowest BCUT2D eigenvalue weighted by Crippen LogP contribution is -2.27. The lowest BCUT2D eigenvalue weighted by molar-refractivity contribution is -0.158. The minimum absolute atomic E-state index is 0.183. The molecule has 2 rings (SSSR count). The van der Waals surface area contributed by atoms with E-state index in [1.165, 1.54) is 6.07 Å². The molecule has 0 saturated carbocycles. The van der Waals surface area contributed by atoms with Crippen LogP contribution in [0.25, 0.3) is 0 Å². The molecule has 1 atom stereocenters. The summed E-state index contributed by atoms with van der Waals surface area (Å²) in [7, 11) is 0. The number of Topliss-reactive ketones (excluding diaryl/α,β-unsaturated/α-hetero) is 1. The van der Waals surface area contributed by atoms with E-state index < -0.39 is 17.9 Å². The van der Waals surface area contributed by atoms with Crippen LogP contribution in [0.4, 0.5) is 13.2 Å². The van der Waals surface area contributed by atoms with Gasteiger partial charge in [-0.1, -0.05) is 31.5 Å². The molecule has 0 radical (unpaired) electrons. The molecule has 1 aromatic carbocycles. The zero-order valence-corrected chi connectivity index (χ0v) is 10.2. The summed E-state index contributed by atoms with van der Waals surface area (Å²) in [6.45, 7) is 2.03. The molecule has 1 aliphatic carbocycles. The van der Waals surface area contributed by atoms with E-state index in [0.29, 0.717) is 5.56 Å². The van der Waals surface area contributed by atoms with Crippen molar-refractivity contribution in [3.63, 3.8) is 0 Å². The Balaban J connectivity index is 2.33. The van der Waals surface area contributed by atoms with Crippen molar-refractivity contribution in [2.75, 3.05) is 0 Å². The molecule has 0 saturated heterocycles. The van der Waals surface area contributed by atoms with E-state index in [2.05, 4.69) is 0 Å². The van der Waals surface area contributed by atoms with Crippen LogP contribution < -0.4 is 0 Å². The lowest BCUT2D eigenvalue weighted by atomic mass is 9.98. The number of halogens is 3. The number of carbonyl (C=O) groups is 1. The van der Waals surface area contributed by atoms with Crippen LogP contribution in [0.2, 0.25) is 0 Å². The first-order valence-electron chi connectivity index (χ1n) is 6.16. The van der Waals surface area contributed by atoms with Crippen LogP contribution in [-0.4, -0.2) is 12.0 Å². The topological polar surface area (TPSA) is 17.1 Å². The van der Waals surface area contributed by atoms with Crippen LogP contribution in [0.5, 0.6) is 0 Å². The van der Waals surface area contributed by atoms with Gasteiger partial charge in [0, 0.05) is 5.56 Å². The Morgan fingerprint density at radius 3 is 2.67 bits per heavy atom. The standard InChI is InChI=1S/C14H15F3O/c1-2-3-5-9-6-4-7-10-11(9)8-12(13(10)18)14(15,16)17/h4,6-7,12H,2-3,5,8H2,1H3. The largest absolute Gasteiger partial charge is 0.399 e. The molecule has 1 nitrogen and oxygen atoms in total. The van der Waals surface area contributed by atoms with Gasteiger partial charge in [0.25, 0.3) is 0 Å². The van der Waals surface area contributed by atoms with Crippen LogP contribution in [0.15, 0.2) is 18.2 Å². The maximum absolute atomic E-state index is 12.7. The summed E-state index contributed by atoms with van der Waals surface area (Å²) in [6.07, 6.45) is -1.95. The Morgan fingerprint density at radius 2 is 2.06 bits per heavy atom. The predicted molar refractivity (Wildman–Crippen MR) is 62.6 cm³/mol. The van der Waals surface area contributed by atoms with Crippen molar-refractivity contribution in [1.29, 1.82) is 0 Å². The molecule has 0 aromatic heterocycles. The molecule has 0 bridgehead atoms. The molecule has 4 heteroatoms. The number of carbonyl (C=O) groups excluding carboxylic acids is 1. The molecule has 98 valence electrons. The normalized spacial score (nSPS) is 19.1. The van der Waals surface area contributed by atoms with Gasteiger partial charge in [-0.2, -0.15) is 13.2 Å². The average Bonchev–Trinajstić information content (AvgIpc) is 2.65. The molecule has 1 aliphatic rings. The van der Waals surface area contributed by atoms with Crippen molar-refractivity contribution in [2.24, 2.45) is 5.92 Å². The lowest BCUT2D eigenvalue weighted by Gasteiger charge is -2.12. The van der Waals surface area contributed by atoms with Crippen molar-refractivity contribution in [3.8, 4) is 0 Å². The molecular weight excluding hydrogens is 241 g/mol. The van der Waals surface area contributed by atoms with Crippen LogP contribution in [-0.2, 0) is 12.8 Å². The second kappa shape index (κ2) is 4.75. The molecule has 0 spiro atoms. The summed E-state index contributed by atoms with van der Waals surface area (Å²) >= 11 is 0. The van der Waals surface area contributed by atoms with Gasteiger partial charge in [0.15, 0.2) is 5.78 Å². The zero-order valence-electron chi connectivity index (χ0n) is 10.2. The van der Waals surface area contributed by atoms with Gasteiger partial charge in [-0.3, -0.25) is 4.79 Å². The first-order chi connectivity index (χ1) is 8.45. The van der Waals surface area contributed by atoms with E-state index in [4.69, 9.17) is 0 Å². The van der Waals surface area contributed by atoms with Gasteiger partial charge in [-0.15, -0.1) is 0 Å². The maximum Gasteiger partial charge on any atom is 0.399 e. The van der Waals surface area contributed by atoms with E-state index in [0.717, 1.165) is 24.8 Å². The van der Waals surface area contributed by atoms with Gasteiger partial charge >= 0.3 is 6.18 Å². The van der Waals surface area contributed by atoms with Crippen molar-refractivity contribution in [2.45, 2.75) is 38.8 Å². The molecule has 1 aromatic rings. The van der Waals surface area contributed by atoms with Gasteiger partial charge in [-0.05, 0) is 30.4 Å². The second-order valence-electron chi connectivity index (χ2n) is 4.71. The average molecular weight is 256 g/mol. The van der Waals surface area contributed by atoms with Crippen molar-refractivity contribution < 1.29 is 18.0 Å². The molecule has 18 heavy (non-hydrogen) atoms. The maximum atomic E-state index is 12.7. The third-order valence-electron chi connectivity index (χ3n) is 3.46. The van der Waals surface area contributed by atoms with E-state index in [1.807, 2.05) is 13.0 Å². The molecule has 0 N–H and O–H groups in total. The van der Waals surface area contributed by atoms with Crippen LogP contribution in [0, 0.1) is 5.92 Å². The minimum atomic E-state index is -4.43. The molecule has 1 unspecified atom stereocenters. The minimum Gasteiger partial charge on any atom is -0.293 e.